The zero-order valence-electron chi connectivity index (χ0n) is 3.64. The standard InChI is InChI=1S/Al.2Li.Nb.H3O4P.2Ti.5H/c;;;;1-5(2,3)4;;;;;;;/h;;;;(H3,1,2,3,4);;;;;;;. The van der Waals surface area contributed by atoms with Gasteiger partial charge in [-0.25, -0.2) is 4.57 Å². The van der Waals surface area contributed by atoms with Gasteiger partial charge in [0, 0.05) is 65.8 Å². The van der Waals surface area contributed by atoms with Crippen molar-refractivity contribution in [1.82, 2.24) is 0 Å². The van der Waals surface area contributed by atoms with Crippen molar-refractivity contribution in [2.75, 3.05) is 0 Å². The predicted octanol–water partition coefficient (Wildman–Crippen LogP) is -3.42. The normalized spacial score (nSPS) is 5.36. The molecule has 0 bridgehead atoms. The summed E-state index contributed by atoms with van der Waals surface area (Å²) in [6, 6.07) is 0. The molecule has 0 rings (SSSR count). The molecular weight excluding hydrogens is 324 g/mol. The van der Waals surface area contributed by atoms with Gasteiger partial charge in [0.05, 0.1) is 0 Å². The van der Waals surface area contributed by atoms with Crippen molar-refractivity contribution >= 4 is 62.9 Å². The van der Waals surface area contributed by atoms with E-state index in [2.05, 4.69) is 0 Å². The molecule has 0 aromatic carbocycles. The summed E-state index contributed by atoms with van der Waals surface area (Å²) in [5, 5.41) is 0. The summed E-state index contributed by atoms with van der Waals surface area (Å²) in [6.07, 6.45) is 0. The van der Waals surface area contributed by atoms with Crippen LogP contribution < -0.4 is 0 Å². The molecule has 11 heavy (non-hydrogen) atoms. The molecule has 1 radical (unpaired) electrons. The van der Waals surface area contributed by atoms with E-state index in [0.29, 0.717) is 0 Å². The molecule has 0 aliphatic carbocycles. The van der Waals surface area contributed by atoms with E-state index in [1.807, 2.05) is 0 Å². The van der Waals surface area contributed by atoms with Crippen LogP contribution in [-0.4, -0.2) is 69.8 Å². The van der Waals surface area contributed by atoms with Crippen molar-refractivity contribution in [2.24, 2.45) is 0 Å². The molecule has 0 saturated heterocycles. The Bertz CT molecular complexity index is 72.2. The summed E-state index contributed by atoms with van der Waals surface area (Å²) >= 11 is 0. The van der Waals surface area contributed by atoms with E-state index in [1.165, 1.54) is 0 Å². The van der Waals surface area contributed by atoms with Gasteiger partial charge in [-0.3, -0.25) is 0 Å². The van der Waals surface area contributed by atoms with Crippen LogP contribution in [0.5, 0.6) is 0 Å². The Morgan fingerprint density at radius 2 is 0.909 bits per heavy atom. The second-order valence-corrected chi connectivity index (χ2v) is 1.54. The Morgan fingerprint density at radius 1 is 0.909 bits per heavy atom. The van der Waals surface area contributed by atoms with Gasteiger partial charge in [-0.1, -0.05) is 0 Å². The van der Waals surface area contributed by atoms with Crippen molar-refractivity contribution in [3.05, 3.63) is 0 Å². The van der Waals surface area contributed by atoms with E-state index in [0.717, 1.165) is 0 Å². The second-order valence-electron chi connectivity index (χ2n) is 0.513. The summed E-state index contributed by atoms with van der Waals surface area (Å²) in [7, 11) is -4.64. The Labute approximate surface area is 145 Å². The maximum absolute atomic E-state index is 8.88. The van der Waals surface area contributed by atoms with Crippen molar-refractivity contribution in [3.63, 3.8) is 0 Å². The molecule has 0 fully saturated rings. The monoisotopic (exact) mass is 333 g/mol. The Morgan fingerprint density at radius 3 is 0.909 bits per heavy atom. The first-order valence-electron chi connectivity index (χ1n) is 0.783. The van der Waals surface area contributed by atoms with Crippen LogP contribution >= 0.6 is 7.82 Å². The van der Waals surface area contributed by atoms with Crippen molar-refractivity contribution < 1.29 is 85.1 Å². The van der Waals surface area contributed by atoms with Crippen LogP contribution in [0.2, 0.25) is 0 Å². The van der Waals surface area contributed by atoms with Crippen LogP contribution in [0.4, 0.5) is 0 Å². The number of phosphoric acid groups is 1. The van der Waals surface area contributed by atoms with Crippen LogP contribution in [0, 0.1) is 0 Å². The molecule has 0 spiro atoms. The molecule has 0 aromatic heterocycles. The molecule has 0 amide bonds. The molecule has 0 unspecified atom stereocenters. The molecular formula is H8AlLi2NbO4PTi2. The molecule has 11 heteroatoms. The van der Waals surface area contributed by atoms with Crippen LogP contribution in [0.3, 0.4) is 0 Å². The quantitative estimate of drug-likeness (QED) is 0.319. The van der Waals surface area contributed by atoms with E-state index in [-0.39, 0.29) is 121 Å². The Balaban J connectivity index is -0.00000000533. The topological polar surface area (TPSA) is 77.8 Å². The smallest absolute Gasteiger partial charge is 0 e. The predicted molar refractivity (Wildman–Crippen MR) is 38.5 cm³/mol. The minimum atomic E-state index is -4.64. The molecule has 0 heterocycles. The van der Waals surface area contributed by atoms with Gasteiger partial charge in [-0.2, -0.15) is 0 Å². The number of rotatable bonds is 0. The van der Waals surface area contributed by atoms with Gasteiger partial charge in [0.25, 0.3) is 0 Å². The fourth-order valence-corrected chi connectivity index (χ4v) is 0. The number of hydrogen-bond acceptors (Lipinski definition) is 1. The van der Waals surface area contributed by atoms with E-state index >= 15 is 0 Å². The summed E-state index contributed by atoms with van der Waals surface area (Å²) < 4.78 is 8.88. The average molecular weight is 333 g/mol. The zero-order valence-corrected chi connectivity index (χ0v) is 9.86. The Hall–Kier alpha value is 4.01. The van der Waals surface area contributed by atoms with E-state index in [1.54, 1.807) is 0 Å². The van der Waals surface area contributed by atoms with Crippen LogP contribution in [0.15, 0.2) is 0 Å². The molecule has 3 N–H and O–H groups in total. The van der Waals surface area contributed by atoms with E-state index < -0.39 is 7.82 Å². The maximum atomic E-state index is 8.88. The van der Waals surface area contributed by atoms with Gasteiger partial charge < -0.3 is 14.7 Å². The molecule has 0 aliphatic rings. The third kappa shape index (κ3) is 126. The second kappa shape index (κ2) is 23.7. The fourth-order valence-electron chi connectivity index (χ4n) is 0. The number of hydrogen-bond donors (Lipinski definition) is 3. The molecule has 55 valence electrons. The fraction of sp³-hybridized carbons (Fsp3) is 0. The van der Waals surface area contributed by atoms with Crippen LogP contribution in [-0.2, 0) is 70.4 Å². The van der Waals surface area contributed by atoms with Crippen molar-refractivity contribution in [3.8, 4) is 0 Å². The molecule has 0 saturated carbocycles. The van der Waals surface area contributed by atoms with Gasteiger partial charge in [0.2, 0.25) is 0 Å². The van der Waals surface area contributed by atoms with Gasteiger partial charge in [-0.15, -0.1) is 0 Å². The van der Waals surface area contributed by atoms with Crippen molar-refractivity contribution in [1.29, 1.82) is 0 Å². The van der Waals surface area contributed by atoms with Crippen LogP contribution in [0.25, 0.3) is 0 Å². The summed E-state index contributed by atoms with van der Waals surface area (Å²) in [6.45, 7) is 0. The first-order chi connectivity index (χ1) is 2.00. The van der Waals surface area contributed by atoms with Gasteiger partial charge in [-0.05, 0) is 0 Å². The third-order valence-electron chi connectivity index (χ3n) is 0. The third-order valence-corrected chi connectivity index (χ3v) is 0. The van der Waals surface area contributed by atoms with Crippen LogP contribution in [0.1, 0.15) is 0 Å². The zero-order chi connectivity index (χ0) is 4.50. The van der Waals surface area contributed by atoms with E-state index in [4.69, 9.17) is 19.2 Å². The average Bonchev–Trinajstić information content (AvgIpc) is 0.722. The first-order valence-corrected chi connectivity index (χ1v) is 2.35. The van der Waals surface area contributed by atoms with Crippen molar-refractivity contribution in [2.45, 2.75) is 0 Å². The SMILES string of the molecule is O=P(O)(O)O.[AlH3].[LiH].[LiH].[Nb].[Ti].[Ti]. The van der Waals surface area contributed by atoms with Gasteiger partial charge in [0.15, 0.2) is 17.4 Å². The first kappa shape index (κ1) is 45.9. The molecule has 0 aromatic rings. The largest absolute Gasteiger partial charge is 0 e. The Kier molecular flexibility index (Phi) is 98.8. The summed E-state index contributed by atoms with van der Waals surface area (Å²) in [5.41, 5.74) is 0. The van der Waals surface area contributed by atoms with Gasteiger partial charge >= 0.3 is 45.5 Å². The maximum Gasteiger partial charge on any atom is 0 e. The minimum absolute atomic E-state index is 0. The molecule has 4 nitrogen and oxygen atoms in total. The van der Waals surface area contributed by atoms with Gasteiger partial charge in [0.1, 0.15) is 0 Å². The van der Waals surface area contributed by atoms with E-state index in [9.17, 15) is 0 Å². The summed E-state index contributed by atoms with van der Waals surface area (Å²) in [4.78, 5) is 21.6. The summed E-state index contributed by atoms with van der Waals surface area (Å²) in [5.74, 6) is 0. The molecule has 0 atom stereocenters. The molecule has 0 aliphatic heterocycles. The minimum Gasteiger partial charge on any atom is 0 e.